The van der Waals surface area contributed by atoms with Crippen LogP contribution in [0.4, 0.5) is 0 Å². The number of carbonyl (C=O) groups is 1. The maximum atomic E-state index is 12.3. The Hall–Kier alpha value is -1.88. The van der Waals surface area contributed by atoms with Crippen LogP contribution in [-0.4, -0.2) is 35.0 Å². The Balaban J connectivity index is 1.97. The van der Waals surface area contributed by atoms with Gasteiger partial charge in [-0.25, -0.2) is 9.99 Å². The van der Waals surface area contributed by atoms with Crippen LogP contribution in [-0.2, 0) is 10.2 Å². The number of fused-ring (bicyclic) bond motifs is 1. The van der Waals surface area contributed by atoms with Crippen molar-refractivity contribution in [1.82, 2.24) is 20.4 Å². The third-order valence-corrected chi connectivity index (χ3v) is 3.66. The van der Waals surface area contributed by atoms with Crippen molar-refractivity contribution in [2.75, 3.05) is 14.1 Å². The molecule has 3 rings (SSSR count). The Labute approximate surface area is 112 Å². The molecule has 0 unspecified atom stereocenters. The molecule has 19 heavy (non-hydrogen) atoms. The highest BCUT2D eigenvalue weighted by atomic mass is 16.2. The molecule has 0 atom stereocenters. The van der Waals surface area contributed by atoms with E-state index in [0.717, 1.165) is 35.3 Å². The first-order valence-electron chi connectivity index (χ1n) is 6.46. The predicted molar refractivity (Wildman–Crippen MR) is 73.6 cm³/mol. The zero-order chi connectivity index (χ0) is 13.6. The van der Waals surface area contributed by atoms with Crippen LogP contribution in [0.2, 0.25) is 0 Å². The number of hydrogen-bond donors (Lipinski definition) is 2. The number of nitrogens with one attached hydrogen (secondary N) is 2. The van der Waals surface area contributed by atoms with E-state index in [1.807, 2.05) is 33.2 Å². The van der Waals surface area contributed by atoms with Crippen molar-refractivity contribution < 1.29 is 4.79 Å². The number of aromatic amines is 1. The van der Waals surface area contributed by atoms with Crippen LogP contribution >= 0.6 is 0 Å². The number of aryl methyl sites for hydroxylation is 1. The van der Waals surface area contributed by atoms with Gasteiger partial charge in [0.05, 0.1) is 16.4 Å². The zero-order valence-electron chi connectivity index (χ0n) is 11.4. The van der Waals surface area contributed by atoms with Crippen molar-refractivity contribution in [2.24, 2.45) is 0 Å². The fourth-order valence-electron chi connectivity index (χ4n) is 2.52. The first-order valence-corrected chi connectivity index (χ1v) is 6.46. The molecule has 5 nitrogen and oxygen atoms in total. The van der Waals surface area contributed by atoms with Gasteiger partial charge >= 0.3 is 0 Å². The Morgan fingerprint density at radius 2 is 2.16 bits per heavy atom. The second-order valence-corrected chi connectivity index (χ2v) is 5.47. The van der Waals surface area contributed by atoms with Gasteiger partial charge in [-0.2, -0.15) is 0 Å². The minimum absolute atomic E-state index is 0.0769. The van der Waals surface area contributed by atoms with Crippen molar-refractivity contribution in [3.8, 4) is 0 Å². The monoisotopic (exact) mass is 258 g/mol. The molecule has 0 spiro atoms. The van der Waals surface area contributed by atoms with E-state index in [4.69, 9.17) is 0 Å². The maximum Gasteiger partial charge on any atom is 0.244 e. The molecule has 5 heteroatoms. The van der Waals surface area contributed by atoms with Gasteiger partial charge in [0.25, 0.3) is 0 Å². The van der Waals surface area contributed by atoms with Gasteiger partial charge in [0.1, 0.15) is 5.82 Å². The molecule has 1 aromatic heterocycles. The van der Waals surface area contributed by atoms with Crippen molar-refractivity contribution in [3.63, 3.8) is 0 Å². The molecular formula is C14H18N4O. The van der Waals surface area contributed by atoms with E-state index < -0.39 is 0 Å². The normalized spacial score (nSPS) is 16.8. The number of hydrazine groups is 1. The number of rotatable bonds is 3. The van der Waals surface area contributed by atoms with Crippen molar-refractivity contribution in [2.45, 2.75) is 25.2 Å². The van der Waals surface area contributed by atoms with E-state index >= 15 is 0 Å². The highest BCUT2D eigenvalue weighted by molar-refractivity contribution is 5.92. The van der Waals surface area contributed by atoms with Gasteiger partial charge in [-0.15, -0.1) is 0 Å². The number of carbonyl (C=O) groups excluding carboxylic acids is 1. The van der Waals surface area contributed by atoms with Crippen LogP contribution in [0.25, 0.3) is 11.0 Å². The summed E-state index contributed by atoms with van der Waals surface area (Å²) in [6.07, 6.45) is 1.82. The lowest BCUT2D eigenvalue weighted by Gasteiger charge is -2.19. The van der Waals surface area contributed by atoms with Gasteiger partial charge in [-0.3, -0.25) is 10.2 Å². The summed E-state index contributed by atoms with van der Waals surface area (Å²) >= 11 is 0. The minimum Gasteiger partial charge on any atom is -0.342 e. The fourth-order valence-corrected chi connectivity index (χ4v) is 2.52. The summed E-state index contributed by atoms with van der Waals surface area (Å²) < 4.78 is 0. The van der Waals surface area contributed by atoms with Crippen LogP contribution in [0.15, 0.2) is 18.2 Å². The number of amides is 1. The maximum absolute atomic E-state index is 12.3. The highest BCUT2D eigenvalue weighted by Crippen LogP contribution is 2.48. The summed E-state index contributed by atoms with van der Waals surface area (Å²) in [6.45, 7) is 1.94. The molecule has 1 fully saturated rings. The van der Waals surface area contributed by atoms with Crippen LogP contribution in [0, 0.1) is 6.92 Å². The van der Waals surface area contributed by atoms with Crippen molar-refractivity contribution in [3.05, 3.63) is 29.6 Å². The van der Waals surface area contributed by atoms with Crippen molar-refractivity contribution in [1.29, 1.82) is 0 Å². The number of H-pyrrole nitrogens is 1. The number of hydrogen-bond acceptors (Lipinski definition) is 3. The molecule has 0 saturated heterocycles. The van der Waals surface area contributed by atoms with E-state index in [1.54, 1.807) is 5.01 Å². The number of aromatic nitrogens is 2. The lowest BCUT2D eigenvalue weighted by atomic mass is 9.95. The molecule has 1 aliphatic rings. The number of nitrogens with zero attached hydrogens (tertiary/aromatic N) is 2. The number of benzene rings is 1. The average molecular weight is 258 g/mol. The first kappa shape index (κ1) is 12.2. The smallest absolute Gasteiger partial charge is 0.244 e. The summed E-state index contributed by atoms with van der Waals surface area (Å²) in [4.78, 5) is 19.9. The molecule has 0 bridgehead atoms. The van der Waals surface area contributed by atoms with Gasteiger partial charge in [-0.1, -0.05) is 6.07 Å². The summed E-state index contributed by atoms with van der Waals surface area (Å²) in [5.74, 6) is 0.975. The molecule has 1 heterocycles. The van der Waals surface area contributed by atoms with E-state index in [0.29, 0.717) is 0 Å². The molecule has 0 aliphatic heterocycles. The van der Waals surface area contributed by atoms with E-state index in [2.05, 4.69) is 21.5 Å². The first-order chi connectivity index (χ1) is 9.01. The molecule has 1 amide bonds. The Kier molecular flexibility index (Phi) is 2.60. The lowest BCUT2D eigenvalue weighted by Crippen LogP contribution is -2.42. The fraction of sp³-hybridized carbons (Fsp3) is 0.429. The predicted octanol–water partition coefficient (Wildman–Crippen LogP) is 1.50. The quantitative estimate of drug-likeness (QED) is 0.820. The summed E-state index contributed by atoms with van der Waals surface area (Å²) in [6, 6.07) is 6.06. The Morgan fingerprint density at radius 3 is 2.79 bits per heavy atom. The van der Waals surface area contributed by atoms with Crippen LogP contribution < -0.4 is 5.43 Å². The molecule has 1 aliphatic carbocycles. The van der Waals surface area contributed by atoms with Gasteiger partial charge in [0, 0.05) is 14.1 Å². The third-order valence-electron chi connectivity index (χ3n) is 3.66. The van der Waals surface area contributed by atoms with E-state index in [9.17, 15) is 4.79 Å². The van der Waals surface area contributed by atoms with Gasteiger partial charge in [-0.05, 0) is 37.5 Å². The van der Waals surface area contributed by atoms with Crippen molar-refractivity contribution >= 4 is 16.9 Å². The summed E-state index contributed by atoms with van der Waals surface area (Å²) in [7, 11) is 3.66. The summed E-state index contributed by atoms with van der Waals surface area (Å²) in [5.41, 5.74) is 5.54. The van der Waals surface area contributed by atoms with Gasteiger partial charge < -0.3 is 4.98 Å². The largest absolute Gasteiger partial charge is 0.342 e. The van der Waals surface area contributed by atoms with Crippen LogP contribution in [0.5, 0.6) is 0 Å². The van der Waals surface area contributed by atoms with E-state index in [1.165, 1.54) is 0 Å². The Bertz CT molecular complexity index is 640. The molecule has 100 valence electrons. The van der Waals surface area contributed by atoms with Gasteiger partial charge in [0.2, 0.25) is 5.91 Å². The Morgan fingerprint density at radius 1 is 1.42 bits per heavy atom. The molecule has 0 radical (unpaired) electrons. The van der Waals surface area contributed by atoms with Gasteiger partial charge in [0.15, 0.2) is 0 Å². The SMILES string of the molecule is Cc1nc2ccc(C3(C(=O)NN(C)C)CC3)cc2[nH]1. The zero-order valence-corrected chi connectivity index (χ0v) is 11.4. The second-order valence-electron chi connectivity index (χ2n) is 5.47. The highest BCUT2D eigenvalue weighted by Gasteiger charge is 2.51. The lowest BCUT2D eigenvalue weighted by molar-refractivity contribution is -0.127. The summed E-state index contributed by atoms with van der Waals surface area (Å²) in [5, 5.41) is 1.70. The number of imidazole rings is 1. The molecule has 2 aromatic rings. The topological polar surface area (TPSA) is 61.0 Å². The van der Waals surface area contributed by atoms with E-state index in [-0.39, 0.29) is 11.3 Å². The molecule has 1 saturated carbocycles. The van der Waals surface area contributed by atoms with Crippen LogP contribution in [0.3, 0.4) is 0 Å². The molecular weight excluding hydrogens is 240 g/mol. The molecule has 1 aromatic carbocycles. The third kappa shape index (κ3) is 2.00. The standard InChI is InChI=1S/C14H18N4O/c1-9-15-11-5-4-10(8-12(11)16-9)14(6-7-14)13(19)17-18(2)3/h4-5,8H,6-7H2,1-3H3,(H,15,16)(H,17,19). The average Bonchev–Trinajstić information content (AvgIpc) is 3.05. The second kappa shape index (κ2) is 4.06. The molecule has 2 N–H and O–H groups in total. The van der Waals surface area contributed by atoms with Crippen LogP contribution in [0.1, 0.15) is 24.2 Å². The minimum atomic E-state index is -0.350.